The maximum absolute atomic E-state index is 12.4. The summed E-state index contributed by atoms with van der Waals surface area (Å²) in [6.45, 7) is 0.685. The van der Waals surface area contributed by atoms with Crippen molar-refractivity contribution in [2.45, 2.75) is 25.6 Å². The molecule has 6 heteroatoms. The number of ether oxygens (including phenoxy) is 1. The molecule has 21 heavy (non-hydrogen) atoms. The smallest absolute Gasteiger partial charge is 0.381 e. The second-order valence-corrected chi connectivity index (χ2v) is 5.17. The normalized spacial score (nSPS) is 18.7. The third-order valence-electron chi connectivity index (χ3n) is 3.47. The van der Waals surface area contributed by atoms with Crippen LogP contribution in [0.3, 0.4) is 0 Å². The van der Waals surface area contributed by atoms with Crippen molar-refractivity contribution in [3.05, 3.63) is 35.9 Å². The minimum atomic E-state index is -4.26. The fraction of sp³-hybridized carbons (Fsp3) is 0.533. The Kier molecular flexibility index (Phi) is 5.22. The van der Waals surface area contributed by atoms with Crippen LogP contribution in [0, 0.1) is 5.92 Å². The fourth-order valence-electron chi connectivity index (χ4n) is 2.32. The van der Waals surface area contributed by atoms with Crippen LogP contribution in [0.4, 0.5) is 13.2 Å². The summed E-state index contributed by atoms with van der Waals surface area (Å²) in [5, 5.41) is 0. The first-order valence-corrected chi connectivity index (χ1v) is 6.93. The van der Waals surface area contributed by atoms with E-state index < -0.39 is 12.6 Å². The SMILES string of the molecule is O=C([C@@H]1CCOC1)N(CCC(F)(F)F)Cc1ccccc1. The van der Waals surface area contributed by atoms with E-state index in [2.05, 4.69) is 0 Å². The standard InChI is InChI=1S/C15H18F3NO2/c16-15(17,18)7-8-19(10-12-4-2-1-3-5-12)14(20)13-6-9-21-11-13/h1-5,13H,6-11H2/t13-/m1/s1. The van der Waals surface area contributed by atoms with Gasteiger partial charge in [-0.15, -0.1) is 0 Å². The number of hydrogen-bond donors (Lipinski definition) is 0. The highest BCUT2D eigenvalue weighted by Gasteiger charge is 2.32. The summed E-state index contributed by atoms with van der Waals surface area (Å²) in [6, 6.07) is 9.05. The van der Waals surface area contributed by atoms with Crippen molar-refractivity contribution < 1.29 is 22.7 Å². The Bertz CT molecular complexity index is 456. The number of hydrogen-bond acceptors (Lipinski definition) is 2. The third kappa shape index (κ3) is 5.04. The van der Waals surface area contributed by atoms with E-state index in [-0.39, 0.29) is 24.9 Å². The predicted molar refractivity (Wildman–Crippen MR) is 71.5 cm³/mol. The molecule has 0 unspecified atom stereocenters. The molecule has 1 aromatic rings. The molecule has 1 atom stereocenters. The van der Waals surface area contributed by atoms with Crippen molar-refractivity contribution in [1.29, 1.82) is 0 Å². The van der Waals surface area contributed by atoms with E-state index in [9.17, 15) is 18.0 Å². The Morgan fingerprint density at radius 1 is 1.29 bits per heavy atom. The lowest BCUT2D eigenvalue weighted by molar-refractivity contribution is -0.148. The van der Waals surface area contributed by atoms with Crippen LogP contribution >= 0.6 is 0 Å². The maximum Gasteiger partial charge on any atom is 0.390 e. The van der Waals surface area contributed by atoms with Crippen LogP contribution in [0.1, 0.15) is 18.4 Å². The van der Waals surface area contributed by atoms with Gasteiger partial charge in [0.25, 0.3) is 0 Å². The number of alkyl halides is 3. The number of nitrogens with zero attached hydrogens (tertiary/aromatic N) is 1. The van der Waals surface area contributed by atoms with Gasteiger partial charge < -0.3 is 9.64 Å². The lowest BCUT2D eigenvalue weighted by Crippen LogP contribution is -2.38. The fourth-order valence-corrected chi connectivity index (χ4v) is 2.32. The van der Waals surface area contributed by atoms with Gasteiger partial charge in [0.1, 0.15) is 0 Å². The Morgan fingerprint density at radius 3 is 2.57 bits per heavy atom. The van der Waals surface area contributed by atoms with Crippen LogP contribution in [0.5, 0.6) is 0 Å². The molecule has 1 aliphatic rings. The van der Waals surface area contributed by atoms with Gasteiger partial charge in [-0.3, -0.25) is 4.79 Å². The van der Waals surface area contributed by atoms with E-state index in [1.54, 1.807) is 24.3 Å². The Balaban J connectivity index is 2.03. The molecular formula is C15H18F3NO2. The molecule has 2 rings (SSSR count). The molecule has 0 aliphatic carbocycles. The lowest BCUT2D eigenvalue weighted by Gasteiger charge is -2.26. The molecule has 1 aromatic carbocycles. The van der Waals surface area contributed by atoms with E-state index in [1.807, 2.05) is 6.07 Å². The van der Waals surface area contributed by atoms with Crippen LogP contribution in [-0.2, 0) is 16.1 Å². The average Bonchev–Trinajstić information content (AvgIpc) is 2.97. The number of carbonyl (C=O) groups excluding carboxylic acids is 1. The molecule has 0 spiro atoms. The average molecular weight is 301 g/mol. The van der Waals surface area contributed by atoms with Crippen molar-refractivity contribution >= 4 is 5.91 Å². The van der Waals surface area contributed by atoms with E-state index in [1.165, 1.54) is 4.90 Å². The lowest BCUT2D eigenvalue weighted by atomic mass is 10.1. The summed E-state index contributed by atoms with van der Waals surface area (Å²) >= 11 is 0. The first-order valence-electron chi connectivity index (χ1n) is 6.93. The predicted octanol–water partition coefficient (Wildman–Crippen LogP) is 3.00. The van der Waals surface area contributed by atoms with Gasteiger partial charge in [0, 0.05) is 19.7 Å². The topological polar surface area (TPSA) is 29.5 Å². The number of benzene rings is 1. The number of amides is 1. The zero-order valence-corrected chi connectivity index (χ0v) is 11.6. The highest BCUT2D eigenvalue weighted by Crippen LogP contribution is 2.23. The van der Waals surface area contributed by atoms with Crippen LogP contribution in [0.15, 0.2) is 30.3 Å². The van der Waals surface area contributed by atoms with Crippen molar-refractivity contribution in [3.63, 3.8) is 0 Å². The number of halogens is 3. The van der Waals surface area contributed by atoms with E-state index >= 15 is 0 Å². The maximum atomic E-state index is 12.4. The first-order chi connectivity index (χ1) is 9.96. The second-order valence-electron chi connectivity index (χ2n) is 5.17. The number of rotatable bonds is 5. The Labute approximate surface area is 121 Å². The summed E-state index contributed by atoms with van der Waals surface area (Å²) < 4.78 is 42.5. The van der Waals surface area contributed by atoms with Crippen LogP contribution in [0.25, 0.3) is 0 Å². The van der Waals surface area contributed by atoms with Gasteiger partial charge in [-0.1, -0.05) is 30.3 Å². The highest BCUT2D eigenvalue weighted by molar-refractivity contribution is 5.79. The molecule has 1 heterocycles. The van der Waals surface area contributed by atoms with Crippen molar-refractivity contribution in [1.82, 2.24) is 4.90 Å². The zero-order chi connectivity index (χ0) is 15.3. The molecule has 0 aromatic heterocycles. The molecule has 0 saturated carbocycles. The summed E-state index contributed by atoms with van der Waals surface area (Å²) in [6.07, 6.45) is -4.67. The van der Waals surface area contributed by atoms with Crippen LogP contribution < -0.4 is 0 Å². The molecule has 1 aliphatic heterocycles. The molecule has 116 valence electrons. The number of carbonyl (C=O) groups is 1. The van der Waals surface area contributed by atoms with Crippen LogP contribution in [-0.4, -0.2) is 36.7 Å². The van der Waals surface area contributed by atoms with Gasteiger partial charge in [-0.2, -0.15) is 13.2 Å². The summed E-state index contributed by atoms with van der Waals surface area (Å²) in [5.74, 6) is -0.567. The molecule has 1 fully saturated rings. The molecule has 0 N–H and O–H groups in total. The summed E-state index contributed by atoms with van der Waals surface area (Å²) in [7, 11) is 0. The van der Waals surface area contributed by atoms with E-state index in [4.69, 9.17) is 4.74 Å². The Morgan fingerprint density at radius 2 is 2.00 bits per heavy atom. The molecule has 0 radical (unpaired) electrons. The molecule has 0 bridgehead atoms. The van der Waals surface area contributed by atoms with Gasteiger partial charge in [-0.05, 0) is 12.0 Å². The van der Waals surface area contributed by atoms with Gasteiger partial charge in [0.15, 0.2) is 0 Å². The summed E-state index contributed by atoms with van der Waals surface area (Å²) in [4.78, 5) is 13.6. The van der Waals surface area contributed by atoms with Gasteiger partial charge in [0.05, 0.1) is 18.9 Å². The van der Waals surface area contributed by atoms with E-state index in [0.29, 0.717) is 19.6 Å². The summed E-state index contributed by atoms with van der Waals surface area (Å²) in [5.41, 5.74) is 0.826. The van der Waals surface area contributed by atoms with Gasteiger partial charge in [-0.25, -0.2) is 0 Å². The monoisotopic (exact) mass is 301 g/mol. The molecule has 1 amide bonds. The quantitative estimate of drug-likeness (QED) is 0.836. The zero-order valence-electron chi connectivity index (χ0n) is 11.6. The van der Waals surface area contributed by atoms with E-state index in [0.717, 1.165) is 5.56 Å². The van der Waals surface area contributed by atoms with Gasteiger partial charge >= 0.3 is 6.18 Å². The molecule has 1 saturated heterocycles. The van der Waals surface area contributed by atoms with Crippen molar-refractivity contribution in [2.24, 2.45) is 5.92 Å². The molecular weight excluding hydrogens is 283 g/mol. The first kappa shape index (κ1) is 15.8. The van der Waals surface area contributed by atoms with Gasteiger partial charge in [0.2, 0.25) is 5.91 Å². The highest BCUT2D eigenvalue weighted by atomic mass is 19.4. The van der Waals surface area contributed by atoms with Crippen LogP contribution in [0.2, 0.25) is 0 Å². The largest absolute Gasteiger partial charge is 0.390 e. The second kappa shape index (κ2) is 6.93. The molecule has 3 nitrogen and oxygen atoms in total. The van der Waals surface area contributed by atoms with Crippen molar-refractivity contribution in [2.75, 3.05) is 19.8 Å². The minimum absolute atomic E-state index is 0.201. The minimum Gasteiger partial charge on any atom is -0.381 e. The van der Waals surface area contributed by atoms with Crippen molar-refractivity contribution in [3.8, 4) is 0 Å². The Hall–Kier alpha value is -1.56. The third-order valence-corrected chi connectivity index (χ3v) is 3.47.